The molecule has 0 aromatic heterocycles. The molecule has 2 heterocycles. The number of sulfone groups is 1. The molecule has 2 unspecified atom stereocenters. The molecule has 2 aliphatic heterocycles. The van der Waals surface area contributed by atoms with Crippen molar-refractivity contribution in [2.75, 3.05) is 44.7 Å². The van der Waals surface area contributed by atoms with Crippen LogP contribution in [-0.4, -0.2) is 58.1 Å². The molecule has 0 aromatic carbocycles. The molecule has 0 bridgehead atoms. The Balaban J connectivity index is 1.63. The molecule has 0 aromatic rings. The quantitative estimate of drug-likeness (QED) is 0.792. The molecule has 0 radical (unpaired) electrons. The van der Waals surface area contributed by atoms with Crippen LogP contribution in [0.2, 0.25) is 0 Å². The highest BCUT2D eigenvalue weighted by Crippen LogP contribution is 2.18. The van der Waals surface area contributed by atoms with Crippen LogP contribution < -0.4 is 5.32 Å². The first kappa shape index (κ1) is 13.3. The molecule has 0 spiro atoms. The van der Waals surface area contributed by atoms with Crippen LogP contribution in [0, 0.1) is 11.8 Å². The lowest BCUT2D eigenvalue weighted by atomic mass is 9.98. The number of piperidine rings is 1. The van der Waals surface area contributed by atoms with Gasteiger partial charge in [-0.1, -0.05) is 0 Å². The van der Waals surface area contributed by atoms with Crippen LogP contribution in [0.4, 0.5) is 0 Å². The van der Waals surface area contributed by atoms with Gasteiger partial charge in [-0.25, -0.2) is 8.42 Å². The Morgan fingerprint density at radius 3 is 2.65 bits per heavy atom. The topological polar surface area (TPSA) is 49.4 Å². The van der Waals surface area contributed by atoms with Crippen molar-refractivity contribution in [1.29, 1.82) is 0 Å². The summed E-state index contributed by atoms with van der Waals surface area (Å²) in [5.74, 6) is 1.88. The lowest BCUT2D eigenvalue weighted by Crippen LogP contribution is -2.38. The average Bonchev–Trinajstić information content (AvgIpc) is 2.58. The van der Waals surface area contributed by atoms with E-state index in [-0.39, 0.29) is 0 Å². The number of nitrogens with zero attached hydrogens (tertiary/aromatic N) is 1. The molecule has 2 rings (SSSR count). The van der Waals surface area contributed by atoms with E-state index in [1.807, 2.05) is 0 Å². The van der Waals surface area contributed by atoms with Gasteiger partial charge in [0.15, 0.2) is 9.84 Å². The van der Waals surface area contributed by atoms with Crippen LogP contribution in [0.3, 0.4) is 0 Å². The van der Waals surface area contributed by atoms with Crippen LogP contribution in [0.25, 0.3) is 0 Å². The Labute approximate surface area is 105 Å². The molecule has 100 valence electrons. The maximum Gasteiger partial charge on any atom is 0.150 e. The summed E-state index contributed by atoms with van der Waals surface area (Å²) in [6.07, 6.45) is 3.45. The summed E-state index contributed by atoms with van der Waals surface area (Å²) in [5.41, 5.74) is 0. The van der Waals surface area contributed by atoms with E-state index in [4.69, 9.17) is 0 Å². The van der Waals surface area contributed by atoms with Crippen molar-refractivity contribution < 1.29 is 8.42 Å². The molecule has 1 N–H and O–H groups in total. The number of likely N-dealkylation sites (tertiary alicyclic amines) is 1. The van der Waals surface area contributed by atoms with E-state index in [9.17, 15) is 8.42 Å². The summed E-state index contributed by atoms with van der Waals surface area (Å²) in [4.78, 5) is 2.38. The number of rotatable bonds is 4. The Hall–Kier alpha value is -0.130. The summed E-state index contributed by atoms with van der Waals surface area (Å²) < 4.78 is 22.6. The SMILES string of the molecule is CN1CCCC(CNCC2CCS(=O)(=O)C2)C1. The van der Waals surface area contributed by atoms with E-state index in [0.717, 1.165) is 25.4 Å². The average molecular weight is 260 g/mol. The van der Waals surface area contributed by atoms with E-state index >= 15 is 0 Å². The van der Waals surface area contributed by atoms with Gasteiger partial charge in [-0.15, -0.1) is 0 Å². The largest absolute Gasteiger partial charge is 0.316 e. The first-order chi connectivity index (χ1) is 8.05. The molecule has 4 nitrogen and oxygen atoms in total. The lowest BCUT2D eigenvalue weighted by molar-refractivity contribution is 0.205. The van der Waals surface area contributed by atoms with Gasteiger partial charge in [0.05, 0.1) is 11.5 Å². The smallest absolute Gasteiger partial charge is 0.150 e. The standard InChI is InChI=1S/C12H24N2O2S/c1-14-5-2-3-11(9-14)7-13-8-12-4-6-17(15,16)10-12/h11-13H,2-10H2,1H3. The Bertz CT molecular complexity index is 342. The van der Waals surface area contributed by atoms with E-state index in [0.29, 0.717) is 17.4 Å². The maximum absolute atomic E-state index is 11.3. The monoisotopic (exact) mass is 260 g/mol. The van der Waals surface area contributed by atoms with E-state index in [2.05, 4.69) is 17.3 Å². The zero-order chi connectivity index (χ0) is 12.3. The summed E-state index contributed by atoms with van der Waals surface area (Å²) in [6.45, 7) is 4.31. The van der Waals surface area contributed by atoms with Gasteiger partial charge in [-0.05, 0) is 57.8 Å². The van der Waals surface area contributed by atoms with Crippen molar-refractivity contribution in [3.8, 4) is 0 Å². The van der Waals surface area contributed by atoms with E-state index in [1.54, 1.807) is 0 Å². The van der Waals surface area contributed by atoms with Gasteiger partial charge in [0.25, 0.3) is 0 Å². The zero-order valence-corrected chi connectivity index (χ0v) is 11.5. The van der Waals surface area contributed by atoms with Gasteiger partial charge in [0, 0.05) is 6.54 Å². The number of nitrogens with one attached hydrogen (secondary N) is 1. The highest BCUT2D eigenvalue weighted by Gasteiger charge is 2.27. The van der Waals surface area contributed by atoms with Gasteiger partial charge in [-0.3, -0.25) is 0 Å². The minimum atomic E-state index is -2.71. The van der Waals surface area contributed by atoms with Gasteiger partial charge in [0.2, 0.25) is 0 Å². The highest BCUT2D eigenvalue weighted by atomic mass is 32.2. The van der Waals surface area contributed by atoms with E-state index in [1.165, 1.54) is 25.9 Å². The second-order valence-corrected chi connectivity index (χ2v) is 7.93. The molecule has 2 aliphatic rings. The van der Waals surface area contributed by atoms with Crippen molar-refractivity contribution in [3.05, 3.63) is 0 Å². The number of hydrogen-bond donors (Lipinski definition) is 1. The second kappa shape index (κ2) is 5.67. The zero-order valence-electron chi connectivity index (χ0n) is 10.7. The Morgan fingerprint density at radius 2 is 2.00 bits per heavy atom. The van der Waals surface area contributed by atoms with Crippen LogP contribution in [-0.2, 0) is 9.84 Å². The van der Waals surface area contributed by atoms with Crippen LogP contribution in [0.15, 0.2) is 0 Å². The first-order valence-corrected chi connectivity index (χ1v) is 8.47. The second-order valence-electron chi connectivity index (χ2n) is 5.70. The molecule has 5 heteroatoms. The molecule has 0 aliphatic carbocycles. The molecule has 2 saturated heterocycles. The van der Waals surface area contributed by atoms with Gasteiger partial charge >= 0.3 is 0 Å². The minimum absolute atomic E-state index is 0.348. The molecule has 2 fully saturated rings. The van der Waals surface area contributed by atoms with Gasteiger partial charge < -0.3 is 10.2 Å². The van der Waals surface area contributed by atoms with Crippen molar-refractivity contribution in [2.45, 2.75) is 19.3 Å². The van der Waals surface area contributed by atoms with E-state index < -0.39 is 9.84 Å². The fraction of sp³-hybridized carbons (Fsp3) is 1.00. The molecule has 0 amide bonds. The number of hydrogen-bond acceptors (Lipinski definition) is 4. The predicted octanol–water partition coefficient (Wildman–Crippen LogP) is 0.353. The Morgan fingerprint density at radius 1 is 1.24 bits per heavy atom. The Kier molecular flexibility index (Phi) is 4.44. The van der Waals surface area contributed by atoms with Crippen LogP contribution >= 0.6 is 0 Å². The lowest BCUT2D eigenvalue weighted by Gasteiger charge is -2.30. The molecular formula is C12H24N2O2S. The first-order valence-electron chi connectivity index (χ1n) is 6.65. The molecular weight excluding hydrogens is 236 g/mol. The summed E-state index contributed by atoms with van der Waals surface area (Å²) in [7, 11) is -0.531. The summed E-state index contributed by atoms with van der Waals surface area (Å²) in [5, 5.41) is 3.46. The fourth-order valence-corrected chi connectivity index (χ4v) is 4.83. The van der Waals surface area contributed by atoms with Crippen molar-refractivity contribution >= 4 is 9.84 Å². The van der Waals surface area contributed by atoms with Crippen LogP contribution in [0.1, 0.15) is 19.3 Å². The third kappa shape index (κ3) is 4.23. The summed E-state index contributed by atoms with van der Waals surface area (Å²) in [6, 6.07) is 0. The maximum atomic E-state index is 11.3. The van der Waals surface area contributed by atoms with Crippen LogP contribution in [0.5, 0.6) is 0 Å². The van der Waals surface area contributed by atoms with Crippen molar-refractivity contribution in [2.24, 2.45) is 11.8 Å². The molecule has 2 atom stereocenters. The van der Waals surface area contributed by atoms with Gasteiger partial charge in [0.1, 0.15) is 0 Å². The van der Waals surface area contributed by atoms with Gasteiger partial charge in [-0.2, -0.15) is 0 Å². The van der Waals surface area contributed by atoms with Crippen molar-refractivity contribution in [1.82, 2.24) is 10.2 Å². The third-order valence-electron chi connectivity index (χ3n) is 3.91. The minimum Gasteiger partial charge on any atom is -0.316 e. The molecule has 17 heavy (non-hydrogen) atoms. The normalized spacial score (nSPS) is 33.9. The predicted molar refractivity (Wildman–Crippen MR) is 69.9 cm³/mol. The highest BCUT2D eigenvalue weighted by molar-refractivity contribution is 7.91. The summed E-state index contributed by atoms with van der Waals surface area (Å²) >= 11 is 0. The molecule has 0 saturated carbocycles. The van der Waals surface area contributed by atoms with Crippen molar-refractivity contribution in [3.63, 3.8) is 0 Å². The third-order valence-corrected chi connectivity index (χ3v) is 5.75. The fourth-order valence-electron chi connectivity index (χ4n) is 2.96.